The summed E-state index contributed by atoms with van der Waals surface area (Å²) in [6.07, 6.45) is 85.2. The van der Waals surface area contributed by atoms with Crippen molar-refractivity contribution < 1.29 is 28.6 Å². The zero-order valence-electron chi connectivity index (χ0n) is 49.0. The fourth-order valence-electron chi connectivity index (χ4n) is 8.57. The number of rotatable bonds is 56. The van der Waals surface area contributed by atoms with Gasteiger partial charge in [-0.3, -0.25) is 14.4 Å². The third kappa shape index (κ3) is 60.8. The molecular weight excluding hydrogens is 925 g/mol. The summed E-state index contributed by atoms with van der Waals surface area (Å²) in [4.78, 5) is 38.2. The first-order chi connectivity index (χ1) is 37.0. The minimum Gasteiger partial charge on any atom is -0.462 e. The number of carbonyl (C=O) groups excluding carboxylic acids is 3. The number of allylic oxidation sites excluding steroid dienone is 18. The van der Waals surface area contributed by atoms with E-state index >= 15 is 0 Å². The van der Waals surface area contributed by atoms with Crippen LogP contribution in [0, 0.1) is 0 Å². The predicted octanol–water partition coefficient (Wildman–Crippen LogP) is 21.4. The van der Waals surface area contributed by atoms with Crippen molar-refractivity contribution in [3.63, 3.8) is 0 Å². The quantitative estimate of drug-likeness (QED) is 0.0261. The van der Waals surface area contributed by atoms with Crippen LogP contribution >= 0.6 is 0 Å². The van der Waals surface area contributed by atoms with E-state index in [-0.39, 0.29) is 31.1 Å². The molecule has 0 heterocycles. The van der Waals surface area contributed by atoms with Gasteiger partial charge in [-0.25, -0.2) is 0 Å². The molecule has 0 N–H and O–H groups in total. The number of esters is 3. The zero-order valence-corrected chi connectivity index (χ0v) is 49.0. The first-order valence-corrected chi connectivity index (χ1v) is 31.4. The van der Waals surface area contributed by atoms with Gasteiger partial charge in [-0.15, -0.1) is 0 Å². The third-order valence-corrected chi connectivity index (χ3v) is 13.3. The van der Waals surface area contributed by atoms with E-state index < -0.39 is 6.10 Å². The lowest BCUT2D eigenvalue weighted by atomic mass is 10.0. The van der Waals surface area contributed by atoms with Crippen LogP contribution in [0.4, 0.5) is 0 Å². The topological polar surface area (TPSA) is 78.9 Å². The second-order valence-electron chi connectivity index (χ2n) is 20.6. The van der Waals surface area contributed by atoms with Crippen molar-refractivity contribution in [1.29, 1.82) is 0 Å². The monoisotopic (exact) mass is 1040 g/mol. The van der Waals surface area contributed by atoms with E-state index in [0.717, 1.165) is 135 Å². The van der Waals surface area contributed by atoms with E-state index in [1.807, 2.05) is 0 Å². The van der Waals surface area contributed by atoms with E-state index in [0.29, 0.717) is 19.3 Å². The Kier molecular flexibility index (Phi) is 59.3. The molecule has 0 aliphatic heterocycles. The largest absolute Gasteiger partial charge is 0.462 e. The summed E-state index contributed by atoms with van der Waals surface area (Å²) in [6, 6.07) is 0. The molecule has 1 unspecified atom stereocenters. The lowest BCUT2D eigenvalue weighted by molar-refractivity contribution is -0.167. The van der Waals surface area contributed by atoms with Gasteiger partial charge in [0.05, 0.1) is 0 Å². The van der Waals surface area contributed by atoms with Crippen LogP contribution in [0.25, 0.3) is 0 Å². The van der Waals surface area contributed by atoms with Gasteiger partial charge in [0.25, 0.3) is 0 Å². The first kappa shape index (κ1) is 71.1. The molecule has 0 spiro atoms. The lowest BCUT2D eigenvalue weighted by Crippen LogP contribution is -2.30. The third-order valence-electron chi connectivity index (χ3n) is 13.3. The van der Waals surface area contributed by atoms with E-state index in [2.05, 4.69) is 130 Å². The molecular formula is C69H116O6. The van der Waals surface area contributed by atoms with Gasteiger partial charge < -0.3 is 14.2 Å². The molecule has 0 aromatic heterocycles. The summed E-state index contributed by atoms with van der Waals surface area (Å²) in [5.74, 6) is -0.917. The fourth-order valence-corrected chi connectivity index (χ4v) is 8.57. The molecule has 0 radical (unpaired) electrons. The predicted molar refractivity (Wildman–Crippen MR) is 325 cm³/mol. The van der Waals surface area contributed by atoms with Gasteiger partial charge in [-0.1, -0.05) is 271 Å². The van der Waals surface area contributed by atoms with Crippen molar-refractivity contribution >= 4 is 17.9 Å². The first-order valence-electron chi connectivity index (χ1n) is 31.4. The molecule has 0 aliphatic rings. The minimum atomic E-state index is -0.793. The van der Waals surface area contributed by atoms with Gasteiger partial charge in [0.15, 0.2) is 6.10 Å². The van der Waals surface area contributed by atoms with Crippen LogP contribution in [0.1, 0.15) is 290 Å². The molecule has 6 heteroatoms. The van der Waals surface area contributed by atoms with Crippen LogP contribution in [0.15, 0.2) is 109 Å². The van der Waals surface area contributed by atoms with Crippen molar-refractivity contribution in [3.05, 3.63) is 109 Å². The summed E-state index contributed by atoms with van der Waals surface area (Å²) < 4.78 is 16.9. The number of hydrogen-bond acceptors (Lipinski definition) is 6. The van der Waals surface area contributed by atoms with Crippen LogP contribution in [-0.4, -0.2) is 37.2 Å². The molecule has 0 rings (SSSR count). The summed E-state index contributed by atoms with van der Waals surface area (Å²) >= 11 is 0. The van der Waals surface area contributed by atoms with E-state index in [9.17, 15) is 14.4 Å². The van der Waals surface area contributed by atoms with Gasteiger partial charge in [0.2, 0.25) is 0 Å². The summed E-state index contributed by atoms with van der Waals surface area (Å²) in [7, 11) is 0. The smallest absolute Gasteiger partial charge is 0.306 e. The SMILES string of the molecule is CC/C=C\C/C=C\C/C=C\C/C=C\C/C=C\C/C=C\C/C=C\C/C=C\CCCCCCC(=O)OCC(COC(=O)CCCCCCCCCCCCCC)OC(=O)CCCCCCC/C=C\CCCCCCCCC. The van der Waals surface area contributed by atoms with E-state index in [4.69, 9.17) is 14.2 Å². The molecule has 6 nitrogen and oxygen atoms in total. The number of carbonyl (C=O) groups is 3. The maximum Gasteiger partial charge on any atom is 0.306 e. The molecule has 0 amide bonds. The van der Waals surface area contributed by atoms with Crippen LogP contribution in [0.5, 0.6) is 0 Å². The second kappa shape index (κ2) is 62.6. The second-order valence-corrected chi connectivity index (χ2v) is 20.6. The van der Waals surface area contributed by atoms with Crippen molar-refractivity contribution in [2.24, 2.45) is 0 Å². The summed E-state index contributed by atoms with van der Waals surface area (Å²) in [5, 5.41) is 0. The van der Waals surface area contributed by atoms with Crippen molar-refractivity contribution in [2.45, 2.75) is 297 Å². The van der Waals surface area contributed by atoms with Crippen LogP contribution in [-0.2, 0) is 28.6 Å². The Morgan fingerprint density at radius 2 is 0.520 bits per heavy atom. The molecule has 0 saturated carbocycles. The molecule has 0 aromatic rings. The Balaban J connectivity index is 4.36. The Morgan fingerprint density at radius 1 is 0.280 bits per heavy atom. The van der Waals surface area contributed by atoms with E-state index in [1.54, 1.807) is 0 Å². The maximum atomic E-state index is 12.9. The summed E-state index contributed by atoms with van der Waals surface area (Å²) in [5.41, 5.74) is 0. The average Bonchev–Trinajstić information content (AvgIpc) is 3.41. The van der Waals surface area contributed by atoms with Crippen molar-refractivity contribution in [3.8, 4) is 0 Å². The highest BCUT2D eigenvalue weighted by Gasteiger charge is 2.19. The molecule has 0 fully saturated rings. The Morgan fingerprint density at radius 3 is 0.827 bits per heavy atom. The van der Waals surface area contributed by atoms with Gasteiger partial charge in [-0.2, -0.15) is 0 Å². The molecule has 0 saturated heterocycles. The number of unbranched alkanes of at least 4 members (excludes halogenated alkanes) is 27. The van der Waals surface area contributed by atoms with Gasteiger partial charge in [0.1, 0.15) is 13.2 Å². The van der Waals surface area contributed by atoms with Gasteiger partial charge >= 0.3 is 17.9 Å². The van der Waals surface area contributed by atoms with Crippen molar-refractivity contribution in [1.82, 2.24) is 0 Å². The zero-order chi connectivity index (χ0) is 54.3. The summed E-state index contributed by atoms with van der Waals surface area (Å²) in [6.45, 7) is 6.51. The maximum absolute atomic E-state index is 12.9. The van der Waals surface area contributed by atoms with Gasteiger partial charge in [0, 0.05) is 19.3 Å². The van der Waals surface area contributed by atoms with Crippen LogP contribution in [0.2, 0.25) is 0 Å². The standard InChI is InChI=1S/C69H116O6/c1-4-7-10-13-16-19-22-25-27-29-30-31-32-33-34-35-36-37-38-39-40-41-43-44-47-50-53-56-59-62-68(71)74-65-66(64-73-67(70)61-58-55-52-49-46-24-21-18-15-12-9-6-3)75-69(72)63-60-57-54-51-48-45-42-28-26-23-20-17-14-11-8-5-2/h7,10,16,19,25,27-28,30-31,33-34,36-37,39-40,42-44,66H,4-6,8-9,11-15,17-18,20-24,26,29,32,35,38,41,45-65H2,1-3H3/b10-7-,19-16-,27-25-,31-30-,34-33-,37-36-,40-39-,42-28-,44-43-. The minimum absolute atomic E-state index is 0.0879. The highest BCUT2D eigenvalue weighted by Crippen LogP contribution is 2.15. The molecule has 0 bridgehead atoms. The normalized spacial score (nSPS) is 12.8. The average molecular weight is 1040 g/mol. The van der Waals surface area contributed by atoms with E-state index in [1.165, 1.54) is 116 Å². The fraction of sp³-hybridized carbons (Fsp3) is 0.696. The van der Waals surface area contributed by atoms with Crippen LogP contribution in [0.3, 0.4) is 0 Å². The molecule has 75 heavy (non-hydrogen) atoms. The molecule has 428 valence electrons. The molecule has 0 aromatic carbocycles. The number of hydrogen-bond donors (Lipinski definition) is 0. The molecule has 1 atom stereocenters. The Labute approximate surface area is 463 Å². The Bertz CT molecular complexity index is 1520. The van der Waals surface area contributed by atoms with Crippen molar-refractivity contribution in [2.75, 3.05) is 13.2 Å². The highest BCUT2D eigenvalue weighted by atomic mass is 16.6. The van der Waals surface area contributed by atoms with Crippen LogP contribution < -0.4 is 0 Å². The Hall–Kier alpha value is -3.93. The lowest BCUT2D eigenvalue weighted by Gasteiger charge is -2.18. The number of ether oxygens (including phenoxy) is 3. The highest BCUT2D eigenvalue weighted by molar-refractivity contribution is 5.71. The molecule has 0 aliphatic carbocycles. The van der Waals surface area contributed by atoms with Gasteiger partial charge in [-0.05, 0) is 109 Å².